The molecule has 180 valence electrons. The maximum atomic E-state index is 13.4. The number of carbonyl (C=O) groups excluding carboxylic acids is 1. The number of ether oxygens (including phenoxy) is 1. The predicted octanol–water partition coefficient (Wildman–Crippen LogP) is 3.31. The minimum absolute atomic E-state index is 0.0682. The smallest absolute Gasteiger partial charge is 0.320 e. The Labute approximate surface area is 199 Å². The number of amides is 2. The summed E-state index contributed by atoms with van der Waals surface area (Å²) >= 11 is 0. The lowest BCUT2D eigenvalue weighted by Crippen LogP contribution is -2.52. The fraction of sp³-hybridized carbons (Fsp3) is 0.600. The molecule has 8 heteroatoms. The van der Waals surface area contributed by atoms with Gasteiger partial charge in [0.25, 0.3) is 0 Å². The molecule has 1 N–H and O–H groups in total. The van der Waals surface area contributed by atoms with Crippen molar-refractivity contribution in [3.63, 3.8) is 0 Å². The number of benzene rings is 1. The molecule has 1 aromatic heterocycles. The van der Waals surface area contributed by atoms with Crippen molar-refractivity contribution in [2.75, 3.05) is 50.9 Å². The number of likely N-dealkylation sites (tertiary alicyclic amines) is 1. The van der Waals surface area contributed by atoms with Crippen LogP contribution in [0.1, 0.15) is 54.6 Å². The van der Waals surface area contributed by atoms with E-state index in [9.17, 15) is 9.00 Å². The molecular weight excluding hydrogens is 436 g/mol. The van der Waals surface area contributed by atoms with Crippen molar-refractivity contribution < 1.29 is 13.7 Å². The standard InChI is InChI=1S/C25H36N4O3S/c1-3-19-5-7-20(8-6-19)21-15-22(24-16-23(26-27-24)9-12-32-4-2)18-29(17-21)25(30)28-10-13-33(31)14-11-28/h5-8,16,21-22H,3-4,9-15,17-18H2,1-2H3,(H,26,27). The minimum atomic E-state index is -0.797. The van der Waals surface area contributed by atoms with Crippen molar-refractivity contribution in [1.82, 2.24) is 20.0 Å². The number of urea groups is 1. The zero-order chi connectivity index (χ0) is 23.2. The van der Waals surface area contributed by atoms with Gasteiger partial charge in [-0.15, -0.1) is 0 Å². The van der Waals surface area contributed by atoms with Crippen LogP contribution < -0.4 is 0 Å². The van der Waals surface area contributed by atoms with Gasteiger partial charge in [-0.3, -0.25) is 9.31 Å². The van der Waals surface area contributed by atoms with Gasteiger partial charge in [0.15, 0.2) is 0 Å². The number of piperidine rings is 1. The Morgan fingerprint density at radius 2 is 1.85 bits per heavy atom. The van der Waals surface area contributed by atoms with Crippen molar-refractivity contribution in [2.24, 2.45) is 0 Å². The molecule has 0 radical (unpaired) electrons. The van der Waals surface area contributed by atoms with Crippen LogP contribution in [-0.4, -0.2) is 81.1 Å². The summed E-state index contributed by atoms with van der Waals surface area (Å²) in [5, 5.41) is 7.78. The van der Waals surface area contributed by atoms with E-state index in [2.05, 4.69) is 47.5 Å². The highest BCUT2D eigenvalue weighted by Crippen LogP contribution is 2.36. The highest BCUT2D eigenvalue weighted by atomic mass is 32.2. The Morgan fingerprint density at radius 1 is 1.12 bits per heavy atom. The zero-order valence-corrected chi connectivity index (χ0v) is 20.6. The minimum Gasteiger partial charge on any atom is -0.381 e. The molecule has 4 rings (SSSR count). The molecule has 7 nitrogen and oxygen atoms in total. The van der Waals surface area contributed by atoms with Gasteiger partial charge in [-0.2, -0.15) is 5.10 Å². The lowest BCUT2D eigenvalue weighted by Gasteiger charge is -2.40. The van der Waals surface area contributed by atoms with E-state index < -0.39 is 10.8 Å². The van der Waals surface area contributed by atoms with E-state index in [0.717, 1.165) is 30.7 Å². The molecule has 1 aromatic carbocycles. The normalized spacial score (nSPS) is 22.0. The van der Waals surface area contributed by atoms with Gasteiger partial charge >= 0.3 is 6.03 Å². The molecule has 2 saturated heterocycles. The first-order valence-corrected chi connectivity index (χ1v) is 13.7. The lowest BCUT2D eigenvalue weighted by molar-refractivity contribution is 0.135. The van der Waals surface area contributed by atoms with Crippen LogP contribution in [0, 0.1) is 0 Å². The average molecular weight is 473 g/mol. The van der Waals surface area contributed by atoms with Gasteiger partial charge in [-0.25, -0.2) is 4.79 Å². The van der Waals surface area contributed by atoms with Crippen LogP contribution in [0.5, 0.6) is 0 Å². The maximum Gasteiger partial charge on any atom is 0.320 e. The number of carbonyl (C=O) groups is 1. The zero-order valence-electron chi connectivity index (χ0n) is 19.8. The van der Waals surface area contributed by atoms with Crippen LogP contribution in [-0.2, 0) is 28.4 Å². The molecule has 2 aliphatic heterocycles. The van der Waals surface area contributed by atoms with E-state index in [0.29, 0.717) is 50.9 Å². The number of hydrogen-bond donors (Lipinski definition) is 1. The van der Waals surface area contributed by atoms with Crippen LogP contribution in [0.4, 0.5) is 4.79 Å². The largest absolute Gasteiger partial charge is 0.381 e. The van der Waals surface area contributed by atoms with E-state index in [4.69, 9.17) is 4.74 Å². The van der Waals surface area contributed by atoms with Gasteiger partial charge in [0.2, 0.25) is 0 Å². The Hall–Kier alpha value is -2.19. The van der Waals surface area contributed by atoms with Crippen LogP contribution in [0.15, 0.2) is 30.3 Å². The van der Waals surface area contributed by atoms with Gasteiger partial charge < -0.3 is 14.5 Å². The highest BCUT2D eigenvalue weighted by Gasteiger charge is 2.35. The second kappa shape index (κ2) is 11.3. The summed E-state index contributed by atoms with van der Waals surface area (Å²) < 4.78 is 17.3. The third-order valence-electron chi connectivity index (χ3n) is 6.82. The van der Waals surface area contributed by atoms with E-state index in [-0.39, 0.29) is 17.9 Å². The number of aromatic amines is 1. The van der Waals surface area contributed by atoms with Gasteiger partial charge in [-0.1, -0.05) is 31.2 Å². The maximum absolute atomic E-state index is 13.4. The number of hydrogen-bond acceptors (Lipinski definition) is 4. The molecule has 0 saturated carbocycles. The summed E-state index contributed by atoms with van der Waals surface area (Å²) in [6, 6.07) is 11.0. The molecular formula is C25H36N4O3S. The van der Waals surface area contributed by atoms with E-state index in [1.54, 1.807) is 0 Å². The van der Waals surface area contributed by atoms with Crippen LogP contribution in [0.2, 0.25) is 0 Å². The van der Waals surface area contributed by atoms with E-state index >= 15 is 0 Å². The molecule has 2 aromatic rings. The van der Waals surface area contributed by atoms with Crippen molar-refractivity contribution >= 4 is 16.8 Å². The second-order valence-corrected chi connectivity index (χ2v) is 10.7. The lowest BCUT2D eigenvalue weighted by atomic mass is 9.82. The molecule has 0 bridgehead atoms. The monoisotopic (exact) mass is 472 g/mol. The summed E-state index contributed by atoms with van der Waals surface area (Å²) in [5.74, 6) is 1.59. The number of aryl methyl sites for hydroxylation is 1. The Balaban J connectivity index is 1.52. The van der Waals surface area contributed by atoms with Crippen LogP contribution in [0.3, 0.4) is 0 Å². The Kier molecular flexibility index (Phi) is 8.20. The topological polar surface area (TPSA) is 78.5 Å². The molecule has 2 amide bonds. The van der Waals surface area contributed by atoms with Gasteiger partial charge in [0, 0.05) is 79.0 Å². The molecule has 33 heavy (non-hydrogen) atoms. The molecule has 3 heterocycles. The second-order valence-electron chi connectivity index (χ2n) is 9.01. The number of nitrogens with zero attached hydrogens (tertiary/aromatic N) is 3. The third-order valence-corrected chi connectivity index (χ3v) is 8.09. The van der Waals surface area contributed by atoms with Gasteiger partial charge in [0.05, 0.1) is 12.3 Å². The first kappa shape index (κ1) is 24.0. The van der Waals surface area contributed by atoms with Crippen LogP contribution in [0.25, 0.3) is 0 Å². The van der Waals surface area contributed by atoms with Crippen LogP contribution >= 0.6 is 0 Å². The Bertz CT molecular complexity index is 935. The summed E-state index contributed by atoms with van der Waals surface area (Å²) in [5.41, 5.74) is 4.70. The van der Waals surface area contributed by atoms with Gasteiger partial charge in [-0.05, 0) is 37.0 Å². The summed E-state index contributed by atoms with van der Waals surface area (Å²) in [7, 11) is -0.797. The summed E-state index contributed by atoms with van der Waals surface area (Å²) in [4.78, 5) is 17.3. The molecule has 2 unspecified atom stereocenters. The van der Waals surface area contributed by atoms with Crippen molar-refractivity contribution in [3.8, 4) is 0 Å². The number of aromatic nitrogens is 2. The Morgan fingerprint density at radius 3 is 2.55 bits per heavy atom. The molecule has 2 aliphatic rings. The number of nitrogens with one attached hydrogen (secondary N) is 1. The first-order valence-electron chi connectivity index (χ1n) is 12.2. The molecule has 0 spiro atoms. The molecule has 2 fully saturated rings. The molecule has 2 atom stereocenters. The third kappa shape index (κ3) is 6.03. The average Bonchev–Trinajstić information content (AvgIpc) is 3.33. The highest BCUT2D eigenvalue weighted by molar-refractivity contribution is 7.85. The predicted molar refractivity (Wildman–Crippen MR) is 131 cm³/mol. The van der Waals surface area contributed by atoms with Crippen molar-refractivity contribution in [1.29, 1.82) is 0 Å². The quantitative estimate of drug-likeness (QED) is 0.627. The van der Waals surface area contributed by atoms with Gasteiger partial charge in [0.1, 0.15) is 0 Å². The van der Waals surface area contributed by atoms with E-state index in [1.165, 1.54) is 11.1 Å². The fourth-order valence-corrected chi connectivity index (χ4v) is 5.86. The van der Waals surface area contributed by atoms with E-state index in [1.807, 2.05) is 16.7 Å². The number of rotatable bonds is 7. The molecule has 0 aliphatic carbocycles. The first-order chi connectivity index (χ1) is 16.1. The number of H-pyrrole nitrogens is 1. The summed E-state index contributed by atoms with van der Waals surface area (Å²) in [6.45, 7) is 8.08. The SMILES string of the molecule is CCOCCc1cc(C2CC(c3ccc(CC)cc3)CN(C(=O)N3CCS(=O)CC3)C2)n[nH]1. The van der Waals surface area contributed by atoms with Crippen molar-refractivity contribution in [2.45, 2.75) is 44.9 Å². The van der Waals surface area contributed by atoms with Crippen molar-refractivity contribution in [3.05, 3.63) is 52.8 Å². The summed E-state index contributed by atoms with van der Waals surface area (Å²) in [6.07, 6.45) is 2.80. The fourth-order valence-electron chi connectivity index (χ4n) is 4.81.